The molecule has 21 heavy (non-hydrogen) atoms. The quantitative estimate of drug-likeness (QED) is 0.729. The van der Waals surface area contributed by atoms with Crippen molar-refractivity contribution in [3.8, 4) is 17.2 Å². The van der Waals surface area contributed by atoms with Gasteiger partial charge >= 0.3 is 0 Å². The van der Waals surface area contributed by atoms with Crippen molar-refractivity contribution in [1.29, 1.82) is 0 Å². The van der Waals surface area contributed by atoms with E-state index in [1.165, 1.54) is 0 Å². The molecule has 0 aliphatic carbocycles. The smallest absolute Gasteiger partial charge is 0.182 e. The summed E-state index contributed by atoms with van der Waals surface area (Å²) in [5.74, 6) is 1.28. The summed E-state index contributed by atoms with van der Waals surface area (Å²) in [5.41, 5.74) is 2.56. The van der Waals surface area contributed by atoms with E-state index in [2.05, 4.69) is 4.98 Å². The van der Waals surface area contributed by atoms with Gasteiger partial charge in [-0.2, -0.15) is 0 Å². The Kier molecular flexibility index (Phi) is 3.61. The van der Waals surface area contributed by atoms with Crippen LogP contribution in [0.15, 0.2) is 36.4 Å². The summed E-state index contributed by atoms with van der Waals surface area (Å²) >= 11 is 11.7. The maximum absolute atomic E-state index is 6.28. The van der Waals surface area contributed by atoms with E-state index < -0.39 is 0 Å². The Labute approximate surface area is 131 Å². The molecule has 1 aromatic heterocycles. The first kappa shape index (κ1) is 14.0. The molecule has 108 valence electrons. The number of nitrogens with one attached hydrogen (secondary N) is 1. The van der Waals surface area contributed by atoms with Gasteiger partial charge < -0.3 is 14.5 Å². The lowest BCUT2D eigenvalue weighted by Crippen LogP contribution is -1.96. The van der Waals surface area contributed by atoms with Crippen LogP contribution >= 0.6 is 23.8 Å². The molecule has 0 aliphatic heterocycles. The minimum absolute atomic E-state index is 0.563. The minimum atomic E-state index is 0.563. The summed E-state index contributed by atoms with van der Waals surface area (Å²) in [7, 11) is 3.20. The zero-order valence-corrected chi connectivity index (χ0v) is 13.1. The Bertz CT molecular complexity index is 870. The van der Waals surface area contributed by atoms with Gasteiger partial charge in [-0.15, -0.1) is 0 Å². The van der Waals surface area contributed by atoms with E-state index in [4.69, 9.17) is 33.3 Å². The molecule has 2 aromatic carbocycles. The average Bonchev–Trinajstić information content (AvgIpc) is 2.81. The molecule has 0 saturated heterocycles. The Morgan fingerprint density at radius 1 is 1.10 bits per heavy atom. The highest BCUT2D eigenvalue weighted by atomic mass is 35.5. The molecule has 0 atom stereocenters. The normalized spacial score (nSPS) is 10.8. The van der Waals surface area contributed by atoms with Crippen LogP contribution in [-0.2, 0) is 0 Å². The molecule has 1 N–H and O–H groups in total. The molecule has 1 heterocycles. The first-order chi connectivity index (χ1) is 10.2. The summed E-state index contributed by atoms with van der Waals surface area (Å²) in [4.78, 5) is 3.16. The number of hydrogen-bond acceptors (Lipinski definition) is 3. The SMILES string of the molecule is COc1cc2[nH]c(=S)n(-c3ccccc3Cl)c2cc1OC. The molecule has 0 bridgehead atoms. The van der Waals surface area contributed by atoms with Gasteiger partial charge in [0.1, 0.15) is 0 Å². The number of benzene rings is 2. The predicted molar refractivity (Wildman–Crippen MR) is 86.6 cm³/mol. The van der Waals surface area contributed by atoms with Gasteiger partial charge in [0.15, 0.2) is 16.3 Å². The summed E-state index contributed by atoms with van der Waals surface area (Å²) in [5, 5.41) is 0.629. The van der Waals surface area contributed by atoms with Crippen molar-refractivity contribution in [2.75, 3.05) is 14.2 Å². The average molecular weight is 321 g/mol. The van der Waals surface area contributed by atoms with Crippen LogP contribution in [0, 0.1) is 4.77 Å². The number of imidazole rings is 1. The highest BCUT2D eigenvalue weighted by molar-refractivity contribution is 7.71. The number of hydrogen-bond donors (Lipinski definition) is 1. The van der Waals surface area contributed by atoms with E-state index in [1.54, 1.807) is 14.2 Å². The number of aromatic amines is 1. The van der Waals surface area contributed by atoms with Crippen LogP contribution in [0.2, 0.25) is 5.02 Å². The number of ether oxygens (including phenoxy) is 2. The van der Waals surface area contributed by atoms with Gasteiger partial charge in [0.2, 0.25) is 0 Å². The Morgan fingerprint density at radius 2 is 1.76 bits per heavy atom. The fourth-order valence-corrected chi connectivity index (χ4v) is 2.83. The summed E-state index contributed by atoms with van der Waals surface area (Å²) < 4.78 is 13.1. The van der Waals surface area contributed by atoms with Crippen molar-refractivity contribution in [2.24, 2.45) is 0 Å². The van der Waals surface area contributed by atoms with Gasteiger partial charge in [-0.05, 0) is 24.4 Å². The number of nitrogens with zero attached hydrogens (tertiary/aromatic N) is 1. The number of methoxy groups -OCH3 is 2. The van der Waals surface area contributed by atoms with E-state index in [9.17, 15) is 0 Å². The van der Waals surface area contributed by atoms with Gasteiger partial charge in [-0.1, -0.05) is 23.7 Å². The second-order valence-corrected chi connectivity index (χ2v) is 5.24. The molecular weight excluding hydrogens is 308 g/mol. The number of fused-ring (bicyclic) bond motifs is 1. The van der Waals surface area contributed by atoms with Crippen LogP contribution < -0.4 is 9.47 Å². The standard InChI is InChI=1S/C15H13ClN2O2S/c1-19-13-7-10-12(8-14(13)20-2)18(15(21)17-10)11-6-4-3-5-9(11)16/h3-8H,1-2H3,(H,17,21). The summed E-state index contributed by atoms with van der Waals surface area (Å²) in [6.45, 7) is 0. The van der Waals surface area contributed by atoms with Crippen LogP contribution in [0.3, 0.4) is 0 Å². The number of rotatable bonds is 3. The van der Waals surface area contributed by atoms with E-state index in [0.29, 0.717) is 21.3 Å². The highest BCUT2D eigenvalue weighted by Gasteiger charge is 2.13. The predicted octanol–water partition coefficient (Wildman–Crippen LogP) is 4.36. The molecule has 3 aromatic rings. The second-order valence-electron chi connectivity index (χ2n) is 4.44. The first-order valence-corrected chi connectivity index (χ1v) is 7.06. The van der Waals surface area contributed by atoms with Gasteiger partial charge in [-0.25, -0.2) is 0 Å². The number of H-pyrrole nitrogens is 1. The maximum atomic E-state index is 6.28. The van der Waals surface area contributed by atoms with E-state index in [1.807, 2.05) is 41.0 Å². The molecular formula is C15H13ClN2O2S. The third kappa shape index (κ3) is 2.28. The molecule has 0 amide bonds. The fourth-order valence-electron chi connectivity index (χ4n) is 2.31. The van der Waals surface area contributed by atoms with Crippen LogP contribution in [0.1, 0.15) is 0 Å². The third-order valence-corrected chi connectivity index (χ3v) is 3.89. The number of halogens is 1. The minimum Gasteiger partial charge on any atom is -0.493 e. The number of para-hydroxylation sites is 1. The molecule has 0 saturated carbocycles. The van der Waals surface area contributed by atoms with Crippen LogP contribution in [0.4, 0.5) is 0 Å². The maximum Gasteiger partial charge on any atom is 0.182 e. The fraction of sp³-hybridized carbons (Fsp3) is 0.133. The van der Waals surface area contributed by atoms with Gasteiger partial charge in [0.25, 0.3) is 0 Å². The lowest BCUT2D eigenvalue weighted by atomic mass is 10.2. The Morgan fingerprint density at radius 3 is 2.43 bits per heavy atom. The van der Waals surface area contributed by atoms with Crippen molar-refractivity contribution >= 4 is 34.9 Å². The first-order valence-electron chi connectivity index (χ1n) is 6.27. The number of aromatic nitrogens is 2. The topological polar surface area (TPSA) is 39.2 Å². The zero-order valence-electron chi connectivity index (χ0n) is 11.5. The monoisotopic (exact) mass is 320 g/mol. The van der Waals surface area contributed by atoms with Crippen LogP contribution in [0.5, 0.6) is 11.5 Å². The van der Waals surface area contributed by atoms with E-state index in [-0.39, 0.29) is 0 Å². The molecule has 6 heteroatoms. The third-order valence-electron chi connectivity index (χ3n) is 3.28. The molecule has 0 spiro atoms. The molecule has 0 fully saturated rings. The lowest BCUT2D eigenvalue weighted by Gasteiger charge is -2.10. The van der Waals surface area contributed by atoms with Crippen LogP contribution in [0.25, 0.3) is 16.7 Å². The molecule has 0 aliphatic rings. The molecule has 0 radical (unpaired) electrons. The Hall–Kier alpha value is -1.98. The molecule has 3 rings (SSSR count). The molecule has 0 unspecified atom stereocenters. The highest BCUT2D eigenvalue weighted by Crippen LogP contribution is 2.34. The summed E-state index contributed by atoms with van der Waals surface area (Å²) in [6, 6.07) is 11.3. The van der Waals surface area contributed by atoms with Gasteiger partial charge in [0.05, 0.1) is 36.0 Å². The Balaban J connectivity index is 2.36. The van der Waals surface area contributed by atoms with E-state index >= 15 is 0 Å². The van der Waals surface area contributed by atoms with Crippen molar-refractivity contribution in [2.45, 2.75) is 0 Å². The van der Waals surface area contributed by atoms with Crippen LogP contribution in [-0.4, -0.2) is 23.8 Å². The summed E-state index contributed by atoms with van der Waals surface area (Å²) in [6.07, 6.45) is 0. The molecule has 4 nitrogen and oxygen atoms in total. The van der Waals surface area contributed by atoms with Crippen molar-refractivity contribution in [3.05, 3.63) is 46.2 Å². The lowest BCUT2D eigenvalue weighted by molar-refractivity contribution is 0.355. The zero-order chi connectivity index (χ0) is 15.0. The van der Waals surface area contributed by atoms with Gasteiger partial charge in [0, 0.05) is 12.1 Å². The van der Waals surface area contributed by atoms with E-state index in [0.717, 1.165) is 16.7 Å². The van der Waals surface area contributed by atoms with Crippen molar-refractivity contribution < 1.29 is 9.47 Å². The van der Waals surface area contributed by atoms with Crippen molar-refractivity contribution in [3.63, 3.8) is 0 Å². The second kappa shape index (κ2) is 5.42. The van der Waals surface area contributed by atoms with Gasteiger partial charge in [-0.3, -0.25) is 4.57 Å². The van der Waals surface area contributed by atoms with Crippen molar-refractivity contribution in [1.82, 2.24) is 9.55 Å². The largest absolute Gasteiger partial charge is 0.493 e.